The van der Waals surface area contributed by atoms with Gasteiger partial charge in [0, 0.05) is 24.2 Å². The summed E-state index contributed by atoms with van der Waals surface area (Å²) in [5.74, 6) is -0.215. The number of methoxy groups -OCH3 is 1. The van der Waals surface area contributed by atoms with Gasteiger partial charge in [-0.05, 0) is 55.3 Å². The number of ether oxygens (including phenoxy) is 1. The number of anilines is 2. The normalized spacial score (nSPS) is 10.9. The van der Waals surface area contributed by atoms with E-state index in [2.05, 4.69) is 15.4 Å². The minimum Gasteiger partial charge on any atom is -0.495 e. The van der Waals surface area contributed by atoms with E-state index in [1.807, 2.05) is 19.1 Å². The summed E-state index contributed by atoms with van der Waals surface area (Å²) in [5, 5.41) is 5.41. The predicted octanol–water partition coefficient (Wildman–Crippen LogP) is 3.87. The molecule has 2 amide bonds. The molecule has 0 spiro atoms. The molecule has 3 aromatic carbocycles. The highest BCUT2D eigenvalue weighted by atomic mass is 32.2. The lowest BCUT2D eigenvalue weighted by atomic mass is 10.1. The molecule has 8 nitrogen and oxygen atoms in total. The van der Waals surface area contributed by atoms with E-state index < -0.39 is 10.0 Å². The van der Waals surface area contributed by atoms with Crippen LogP contribution in [-0.4, -0.2) is 33.9 Å². The lowest BCUT2D eigenvalue weighted by Crippen LogP contribution is -2.28. The highest BCUT2D eigenvalue weighted by Gasteiger charge is 2.20. The van der Waals surface area contributed by atoms with Gasteiger partial charge in [-0.1, -0.05) is 36.4 Å². The first-order valence-corrected chi connectivity index (χ1v) is 12.1. The predicted molar refractivity (Wildman–Crippen MR) is 132 cm³/mol. The van der Waals surface area contributed by atoms with Crippen molar-refractivity contribution in [1.29, 1.82) is 0 Å². The van der Waals surface area contributed by atoms with Crippen molar-refractivity contribution in [3.05, 3.63) is 83.4 Å². The first-order valence-electron chi connectivity index (χ1n) is 10.6. The Kier molecular flexibility index (Phi) is 7.91. The van der Waals surface area contributed by atoms with Crippen LogP contribution in [0.5, 0.6) is 5.75 Å². The van der Waals surface area contributed by atoms with Crippen LogP contribution in [0.1, 0.15) is 27.9 Å². The molecule has 0 fully saturated rings. The SMILES string of the molecule is COc1ccccc1NS(=O)(=O)c1cc(NC(=O)CCNC(=O)c2ccccc2C)ccc1C. The molecule has 0 bridgehead atoms. The van der Waals surface area contributed by atoms with Crippen LogP contribution in [0.2, 0.25) is 0 Å². The Bertz CT molecular complexity index is 1310. The minimum atomic E-state index is -3.94. The van der Waals surface area contributed by atoms with Gasteiger partial charge in [-0.3, -0.25) is 14.3 Å². The molecular formula is C25H27N3O5S. The molecule has 0 saturated carbocycles. The Balaban J connectivity index is 1.64. The van der Waals surface area contributed by atoms with E-state index in [1.165, 1.54) is 13.2 Å². The largest absolute Gasteiger partial charge is 0.495 e. The van der Waals surface area contributed by atoms with Crippen LogP contribution < -0.4 is 20.1 Å². The number of nitrogens with one attached hydrogen (secondary N) is 3. The molecule has 0 saturated heterocycles. The first kappa shape index (κ1) is 24.8. The van der Waals surface area contributed by atoms with Gasteiger partial charge in [-0.25, -0.2) is 8.42 Å². The van der Waals surface area contributed by atoms with Gasteiger partial charge in [0.25, 0.3) is 15.9 Å². The number of carbonyl (C=O) groups excluding carboxylic acids is 2. The summed E-state index contributed by atoms with van der Waals surface area (Å²) in [6.45, 7) is 3.66. The summed E-state index contributed by atoms with van der Waals surface area (Å²) >= 11 is 0. The van der Waals surface area contributed by atoms with Crippen LogP contribution in [-0.2, 0) is 14.8 Å². The van der Waals surface area contributed by atoms with Crippen LogP contribution in [0.15, 0.2) is 71.6 Å². The monoisotopic (exact) mass is 481 g/mol. The standard InChI is InChI=1S/C25H27N3O5S/c1-17-8-4-5-9-20(17)25(30)26-15-14-24(29)27-19-13-12-18(2)23(16-19)34(31,32)28-21-10-6-7-11-22(21)33-3/h4-13,16,28H,14-15H2,1-3H3,(H,26,30)(H,27,29). The maximum atomic E-state index is 13.0. The van der Waals surface area contributed by atoms with Crippen molar-refractivity contribution >= 4 is 33.2 Å². The number of hydrogen-bond donors (Lipinski definition) is 3. The molecule has 0 unspecified atom stereocenters. The zero-order chi connectivity index (χ0) is 24.7. The topological polar surface area (TPSA) is 114 Å². The molecule has 9 heteroatoms. The Morgan fingerprint density at radius 2 is 1.62 bits per heavy atom. The van der Waals surface area contributed by atoms with E-state index in [1.54, 1.807) is 55.5 Å². The highest BCUT2D eigenvalue weighted by molar-refractivity contribution is 7.92. The number of para-hydroxylation sites is 2. The Hall–Kier alpha value is -3.85. The van der Waals surface area contributed by atoms with Crippen molar-refractivity contribution in [2.75, 3.05) is 23.7 Å². The Morgan fingerprint density at radius 1 is 0.912 bits per heavy atom. The van der Waals surface area contributed by atoms with E-state index in [4.69, 9.17) is 4.74 Å². The molecule has 178 valence electrons. The van der Waals surface area contributed by atoms with Crippen molar-refractivity contribution in [2.24, 2.45) is 0 Å². The molecular weight excluding hydrogens is 454 g/mol. The summed E-state index contributed by atoms with van der Waals surface area (Å²) in [7, 11) is -2.48. The second kappa shape index (κ2) is 10.8. The minimum absolute atomic E-state index is 0.0315. The molecule has 3 N–H and O–H groups in total. The summed E-state index contributed by atoms with van der Waals surface area (Å²) in [6.07, 6.45) is 0.0348. The van der Waals surface area contributed by atoms with Gasteiger partial charge in [0.1, 0.15) is 5.75 Å². The second-order valence-electron chi connectivity index (χ2n) is 7.66. The van der Waals surface area contributed by atoms with Crippen molar-refractivity contribution in [1.82, 2.24) is 5.32 Å². The number of amides is 2. The lowest BCUT2D eigenvalue weighted by molar-refractivity contribution is -0.116. The molecule has 34 heavy (non-hydrogen) atoms. The number of sulfonamides is 1. The van der Waals surface area contributed by atoms with Crippen LogP contribution in [0.4, 0.5) is 11.4 Å². The van der Waals surface area contributed by atoms with Crippen LogP contribution in [0, 0.1) is 13.8 Å². The van der Waals surface area contributed by atoms with E-state index in [0.717, 1.165) is 5.56 Å². The van der Waals surface area contributed by atoms with E-state index in [9.17, 15) is 18.0 Å². The fourth-order valence-corrected chi connectivity index (χ4v) is 4.67. The molecule has 0 aliphatic rings. The van der Waals surface area contributed by atoms with Gasteiger partial charge < -0.3 is 15.4 Å². The molecule has 0 atom stereocenters. The quantitative estimate of drug-likeness (QED) is 0.429. The lowest BCUT2D eigenvalue weighted by Gasteiger charge is -2.14. The molecule has 0 aromatic heterocycles. The van der Waals surface area contributed by atoms with Gasteiger partial charge in [0.05, 0.1) is 17.7 Å². The molecule has 3 rings (SSSR count). The number of rotatable bonds is 9. The fraction of sp³-hybridized carbons (Fsp3) is 0.200. The summed E-state index contributed by atoms with van der Waals surface area (Å²) in [6, 6.07) is 18.5. The molecule has 0 heterocycles. The third-order valence-corrected chi connectivity index (χ3v) is 6.65. The second-order valence-corrected chi connectivity index (χ2v) is 9.31. The third kappa shape index (κ3) is 6.14. The number of hydrogen-bond acceptors (Lipinski definition) is 5. The van der Waals surface area contributed by atoms with Crippen molar-refractivity contribution < 1.29 is 22.7 Å². The zero-order valence-electron chi connectivity index (χ0n) is 19.2. The maximum absolute atomic E-state index is 13.0. The van der Waals surface area contributed by atoms with Gasteiger partial charge in [-0.2, -0.15) is 0 Å². The van der Waals surface area contributed by atoms with Gasteiger partial charge in [0.2, 0.25) is 5.91 Å². The van der Waals surface area contributed by atoms with E-state index in [0.29, 0.717) is 28.3 Å². The summed E-state index contributed by atoms with van der Waals surface area (Å²) in [5.41, 5.74) is 2.56. The summed E-state index contributed by atoms with van der Waals surface area (Å²) in [4.78, 5) is 24.7. The first-order chi connectivity index (χ1) is 16.2. The highest BCUT2D eigenvalue weighted by Crippen LogP contribution is 2.28. The van der Waals surface area contributed by atoms with Gasteiger partial charge in [-0.15, -0.1) is 0 Å². The van der Waals surface area contributed by atoms with Crippen LogP contribution in [0.3, 0.4) is 0 Å². The summed E-state index contributed by atoms with van der Waals surface area (Å²) < 4.78 is 33.8. The van der Waals surface area contributed by atoms with Gasteiger partial charge >= 0.3 is 0 Å². The molecule has 0 radical (unpaired) electrons. The van der Waals surface area contributed by atoms with Crippen LogP contribution in [0.25, 0.3) is 0 Å². The van der Waals surface area contributed by atoms with Crippen molar-refractivity contribution in [3.63, 3.8) is 0 Å². The van der Waals surface area contributed by atoms with Crippen molar-refractivity contribution in [2.45, 2.75) is 25.2 Å². The molecule has 3 aromatic rings. The number of benzene rings is 3. The maximum Gasteiger partial charge on any atom is 0.262 e. The zero-order valence-corrected chi connectivity index (χ0v) is 20.0. The molecule has 0 aliphatic heterocycles. The third-order valence-electron chi connectivity index (χ3n) is 5.14. The number of aryl methyl sites for hydroxylation is 2. The molecule has 0 aliphatic carbocycles. The van der Waals surface area contributed by atoms with Gasteiger partial charge in [0.15, 0.2) is 0 Å². The van der Waals surface area contributed by atoms with E-state index >= 15 is 0 Å². The average molecular weight is 482 g/mol. The van der Waals surface area contributed by atoms with Crippen molar-refractivity contribution in [3.8, 4) is 5.75 Å². The van der Waals surface area contributed by atoms with E-state index in [-0.39, 0.29) is 29.7 Å². The Morgan fingerprint density at radius 3 is 2.35 bits per heavy atom. The smallest absolute Gasteiger partial charge is 0.262 e. The Labute approximate surface area is 199 Å². The average Bonchev–Trinajstić information content (AvgIpc) is 2.80. The number of carbonyl (C=O) groups is 2. The fourth-order valence-electron chi connectivity index (χ4n) is 3.33. The van der Waals surface area contributed by atoms with Crippen LogP contribution >= 0.6 is 0 Å².